The molecule has 2 aromatic carbocycles. The molecule has 0 radical (unpaired) electrons. The second-order valence-corrected chi connectivity index (χ2v) is 5.80. The number of aliphatic hydroxyl groups excluding tert-OH is 1. The van der Waals surface area contributed by atoms with Gasteiger partial charge >= 0.3 is 5.97 Å². The van der Waals surface area contributed by atoms with Crippen molar-refractivity contribution in [1.29, 1.82) is 0 Å². The summed E-state index contributed by atoms with van der Waals surface area (Å²) < 4.78 is 25.3. The molecule has 0 aliphatic carbocycles. The number of benzene rings is 2. The number of amidine groups is 1. The zero-order valence-corrected chi connectivity index (χ0v) is 15.6. The molecule has 0 saturated carbocycles. The van der Waals surface area contributed by atoms with Crippen LogP contribution in [0.1, 0.15) is 24.1 Å². The monoisotopic (exact) mass is 407 g/mol. The van der Waals surface area contributed by atoms with Gasteiger partial charge in [-0.1, -0.05) is 5.16 Å². The third-order valence-corrected chi connectivity index (χ3v) is 3.87. The third-order valence-electron chi connectivity index (χ3n) is 3.87. The molecular weight excluding hydrogens is 385 g/mol. The van der Waals surface area contributed by atoms with Crippen LogP contribution in [-0.2, 0) is 4.79 Å². The zero-order chi connectivity index (χ0) is 21.4. The van der Waals surface area contributed by atoms with Gasteiger partial charge in [0, 0.05) is 22.9 Å². The van der Waals surface area contributed by atoms with E-state index in [1.807, 2.05) is 0 Å². The Hall–Kier alpha value is -3.53. The van der Waals surface area contributed by atoms with E-state index in [1.54, 1.807) is 6.92 Å². The van der Waals surface area contributed by atoms with Gasteiger partial charge in [-0.2, -0.15) is 0 Å². The van der Waals surface area contributed by atoms with Crippen molar-refractivity contribution in [3.63, 3.8) is 0 Å². The first kappa shape index (κ1) is 21.8. The molecule has 0 unspecified atom stereocenters. The van der Waals surface area contributed by atoms with Crippen LogP contribution in [0.5, 0.6) is 11.5 Å². The largest absolute Gasteiger partial charge is 0.490 e. The molecule has 0 amide bonds. The van der Waals surface area contributed by atoms with Crippen LogP contribution in [0.25, 0.3) is 0 Å². The minimum atomic E-state index is -1.42. The third kappa shape index (κ3) is 5.48. The van der Waals surface area contributed by atoms with E-state index in [0.717, 1.165) is 6.07 Å². The summed E-state index contributed by atoms with van der Waals surface area (Å²) in [5.41, 5.74) is 6.15. The van der Waals surface area contributed by atoms with Crippen molar-refractivity contribution in [2.24, 2.45) is 10.9 Å². The number of carboxylic acids is 1. The van der Waals surface area contributed by atoms with Gasteiger partial charge in [-0.25, -0.2) is 9.18 Å². The van der Waals surface area contributed by atoms with E-state index in [1.165, 1.54) is 30.3 Å². The van der Waals surface area contributed by atoms with Crippen LogP contribution < -0.4 is 20.5 Å². The summed E-state index contributed by atoms with van der Waals surface area (Å²) in [5, 5.41) is 32.8. The lowest BCUT2D eigenvalue weighted by molar-refractivity contribution is -0.138. The van der Waals surface area contributed by atoms with Crippen molar-refractivity contribution >= 4 is 17.5 Å². The first-order valence-corrected chi connectivity index (χ1v) is 8.68. The number of anilines is 1. The molecule has 0 aliphatic heterocycles. The highest BCUT2D eigenvalue weighted by Crippen LogP contribution is 2.34. The zero-order valence-electron chi connectivity index (χ0n) is 15.6. The number of carboxylic acid groups (broad SMARTS) is 1. The number of carbonyl (C=O) groups is 1. The predicted octanol–water partition coefficient (Wildman–Crippen LogP) is 1.93. The highest BCUT2D eigenvalue weighted by Gasteiger charge is 2.26. The number of nitrogens with one attached hydrogen (secondary N) is 1. The van der Waals surface area contributed by atoms with Crippen molar-refractivity contribution in [2.75, 3.05) is 25.1 Å². The fourth-order valence-corrected chi connectivity index (χ4v) is 2.54. The van der Waals surface area contributed by atoms with Crippen LogP contribution in [0.4, 0.5) is 10.1 Å². The molecule has 0 spiro atoms. The Morgan fingerprint density at radius 2 is 1.90 bits per heavy atom. The van der Waals surface area contributed by atoms with Gasteiger partial charge in [0.25, 0.3) is 0 Å². The van der Waals surface area contributed by atoms with Crippen LogP contribution in [0.3, 0.4) is 0 Å². The average molecular weight is 407 g/mol. The summed E-state index contributed by atoms with van der Waals surface area (Å²) >= 11 is 0. The molecule has 0 heterocycles. The van der Waals surface area contributed by atoms with Gasteiger partial charge < -0.3 is 35.9 Å². The molecule has 0 saturated heterocycles. The van der Waals surface area contributed by atoms with Gasteiger partial charge in [-0.15, -0.1) is 0 Å². The first-order chi connectivity index (χ1) is 13.9. The van der Waals surface area contributed by atoms with Gasteiger partial charge in [-0.05, 0) is 37.3 Å². The van der Waals surface area contributed by atoms with Crippen LogP contribution in [0.15, 0.2) is 41.6 Å². The van der Waals surface area contributed by atoms with Crippen LogP contribution >= 0.6 is 0 Å². The second kappa shape index (κ2) is 10.1. The Morgan fingerprint density at radius 3 is 2.45 bits per heavy atom. The van der Waals surface area contributed by atoms with E-state index in [2.05, 4.69) is 10.5 Å². The Labute approximate surface area is 166 Å². The van der Waals surface area contributed by atoms with Gasteiger partial charge in [0.15, 0.2) is 23.4 Å². The van der Waals surface area contributed by atoms with E-state index >= 15 is 0 Å². The topological polar surface area (TPSA) is 147 Å². The number of oxime groups is 1. The molecule has 0 bridgehead atoms. The number of nitrogens with zero attached hydrogens (tertiary/aromatic N) is 1. The van der Waals surface area contributed by atoms with E-state index < -0.39 is 17.8 Å². The molecule has 6 N–H and O–H groups in total. The summed E-state index contributed by atoms with van der Waals surface area (Å²) in [7, 11) is 0. The lowest BCUT2D eigenvalue weighted by Gasteiger charge is -2.19. The molecule has 0 fully saturated rings. The molecule has 29 heavy (non-hydrogen) atoms. The Morgan fingerprint density at radius 1 is 1.24 bits per heavy atom. The molecule has 10 heteroatoms. The van der Waals surface area contributed by atoms with Crippen molar-refractivity contribution in [2.45, 2.75) is 13.0 Å². The van der Waals surface area contributed by atoms with E-state index in [9.17, 15) is 14.3 Å². The minimum Gasteiger partial charge on any atom is -0.490 e. The maximum atomic E-state index is 14.7. The molecule has 1 atom stereocenters. The van der Waals surface area contributed by atoms with Crippen LogP contribution in [0, 0.1) is 5.82 Å². The highest BCUT2D eigenvalue weighted by molar-refractivity contribution is 5.97. The molecule has 2 rings (SSSR count). The molecule has 9 nitrogen and oxygen atoms in total. The molecule has 0 aromatic heterocycles. The summed E-state index contributed by atoms with van der Waals surface area (Å²) in [4.78, 5) is 11.8. The Bertz CT molecular complexity index is 873. The quantitative estimate of drug-likeness (QED) is 0.174. The summed E-state index contributed by atoms with van der Waals surface area (Å²) in [6.45, 7) is 1.64. The van der Waals surface area contributed by atoms with Crippen molar-refractivity contribution in [3.05, 3.63) is 53.3 Å². The smallest absolute Gasteiger partial charge is 0.330 e. The lowest BCUT2D eigenvalue weighted by atomic mass is 10.0. The van der Waals surface area contributed by atoms with E-state index in [0.29, 0.717) is 11.3 Å². The maximum Gasteiger partial charge on any atom is 0.330 e. The van der Waals surface area contributed by atoms with Gasteiger partial charge in [-0.3, -0.25) is 0 Å². The van der Waals surface area contributed by atoms with Gasteiger partial charge in [0.05, 0.1) is 13.2 Å². The number of aliphatic carboxylic acids is 1. The highest BCUT2D eigenvalue weighted by atomic mass is 19.1. The lowest BCUT2D eigenvalue weighted by Crippen LogP contribution is -2.22. The minimum absolute atomic E-state index is 0.0634. The molecule has 0 aliphatic rings. The maximum absolute atomic E-state index is 14.7. The van der Waals surface area contributed by atoms with Crippen molar-refractivity contribution in [1.82, 2.24) is 0 Å². The van der Waals surface area contributed by atoms with Crippen molar-refractivity contribution in [3.8, 4) is 11.5 Å². The van der Waals surface area contributed by atoms with E-state index in [4.69, 9.17) is 25.5 Å². The fourth-order valence-electron chi connectivity index (χ4n) is 2.54. The average Bonchev–Trinajstić information content (AvgIpc) is 2.72. The number of halogens is 1. The fraction of sp³-hybridized carbons (Fsp3) is 0.263. The Kier molecular flexibility index (Phi) is 7.61. The van der Waals surface area contributed by atoms with Gasteiger partial charge in [0.1, 0.15) is 12.4 Å². The standard InChI is InChI=1S/C19H22FN3O6/c1-2-28-15-9-13(14(20)10-16(15)29-8-7-24)17(19(25)26)22-12-5-3-11(4-6-12)18(21)23-27/h3-6,9-10,17,22,24,27H,2,7-8H2,1H3,(H2,21,23)(H,25,26)/t17-/m1/s1. The molecule has 156 valence electrons. The van der Waals surface area contributed by atoms with Gasteiger partial charge in [0.2, 0.25) is 0 Å². The summed E-state index contributed by atoms with van der Waals surface area (Å²) in [6.07, 6.45) is 0. The number of nitrogens with two attached hydrogens (primary N) is 1. The second-order valence-electron chi connectivity index (χ2n) is 5.80. The number of hydrogen-bond donors (Lipinski definition) is 5. The first-order valence-electron chi connectivity index (χ1n) is 8.68. The normalized spacial score (nSPS) is 12.3. The molecular formula is C19H22FN3O6. The summed E-state index contributed by atoms with van der Waals surface area (Å²) in [5.74, 6) is -2.00. The summed E-state index contributed by atoms with van der Waals surface area (Å²) in [6, 6.07) is 6.92. The predicted molar refractivity (Wildman–Crippen MR) is 103 cm³/mol. The van der Waals surface area contributed by atoms with Crippen LogP contribution in [0.2, 0.25) is 0 Å². The molecule has 2 aromatic rings. The number of rotatable bonds is 10. The SMILES string of the molecule is CCOc1cc([C@@H](Nc2ccc(C(N)=NO)cc2)C(=O)O)c(F)cc1OCCO. The van der Waals surface area contributed by atoms with E-state index in [-0.39, 0.29) is 42.7 Å². The number of ether oxygens (including phenoxy) is 2. The van der Waals surface area contributed by atoms with Crippen LogP contribution in [-0.4, -0.2) is 47.0 Å². The Balaban J connectivity index is 2.36. The van der Waals surface area contributed by atoms with Crippen molar-refractivity contribution < 1.29 is 34.1 Å². The number of aliphatic hydroxyl groups is 1. The number of hydrogen-bond acceptors (Lipinski definition) is 7.